The minimum Gasteiger partial charge on any atom is -0.466 e. The predicted octanol–water partition coefficient (Wildman–Crippen LogP) is 4.17. The number of methoxy groups -OCH3 is 1. The number of esters is 1. The third-order valence-electron chi connectivity index (χ3n) is 4.05. The van der Waals surface area contributed by atoms with Crippen molar-refractivity contribution in [3.8, 4) is 0 Å². The number of benzene rings is 2. The minimum absolute atomic E-state index is 0.234. The zero-order valence-electron chi connectivity index (χ0n) is 14.3. The van der Waals surface area contributed by atoms with Gasteiger partial charge in [-0.1, -0.05) is 78.4 Å². The highest BCUT2D eigenvalue weighted by molar-refractivity contribution is 6.90. The molecular formula is C20H24O2Si. The first-order valence-electron chi connectivity index (χ1n) is 7.83. The fraction of sp³-hybridized carbons (Fsp3) is 0.250. The monoisotopic (exact) mass is 324 g/mol. The van der Waals surface area contributed by atoms with Gasteiger partial charge in [-0.3, -0.25) is 0 Å². The van der Waals surface area contributed by atoms with E-state index in [2.05, 4.69) is 56.4 Å². The van der Waals surface area contributed by atoms with E-state index in [0.29, 0.717) is 0 Å². The molecule has 0 aliphatic heterocycles. The number of ether oxygens (including phenoxy) is 1. The maximum absolute atomic E-state index is 12.2. The van der Waals surface area contributed by atoms with Gasteiger partial charge < -0.3 is 4.74 Å². The summed E-state index contributed by atoms with van der Waals surface area (Å²) in [6.07, 6.45) is 1.96. The summed E-state index contributed by atoms with van der Waals surface area (Å²) >= 11 is 0. The topological polar surface area (TPSA) is 26.3 Å². The molecule has 0 spiro atoms. The van der Waals surface area contributed by atoms with Crippen LogP contribution in [0, 0.1) is 6.92 Å². The first-order chi connectivity index (χ1) is 10.9. The highest BCUT2D eigenvalue weighted by atomic mass is 28.3. The standard InChI is InChI=1S/C20H24O2Si/c1-16-10-12-17(13-11-16)14-18(20(21)22-2)15-23(3,4)19-8-6-5-7-9-19/h5-14H,15H2,1-4H3/b18-14+. The number of carbonyl (C=O) groups excluding carboxylic acids is 1. The molecule has 0 aliphatic rings. The lowest BCUT2D eigenvalue weighted by atomic mass is 10.1. The second-order valence-electron chi connectivity index (χ2n) is 6.50. The SMILES string of the molecule is COC(=O)/C(=C/c1ccc(C)cc1)C[Si](C)(C)c1ccccc1. The van der Waals surface area contributed by atoms with E-state index in [0.717, 1.165) is 17.2 Å². The summed E-state index contributed by atoms with van der Waals surface area (Å²) in [4.78, 5) is 12.2. The first-order valence-corrected chi connectivity index (χ1v) is 11.0. The van der Waals surface area contributed by atoms with Crippen molar-refractivity contribution in [2.24, 2.45) is 0 Å². The van der Waals surface area contributed by atoms with E-state index >= 15 is 0 Å². The Morgan fingerprint density at radius 3 is 2.22 bits per heavy atom. The van der Waals surface area contributed by atoms with Crippen LogP contribution in [0.2, 0.25) is 19.1 Å². The summed E-state index contributed by atoms with van der Waals surface area (Å²) < 4.78 is 5.01. The molecule has 0 aromatic heterocycles. The van der Waals surface area contributed by atoms with Crippen LogP contribution in [0.25, 0.3) is 6.08 Å². The maximum atomic E-state index is 12.2. The molecule has 120 valence electrons. The smallest absolute Gasteiger partial charge is 0.333 e. The highest BCUT2D eigenvalue weighted by Crippen LogP contribution is 2.21. The van der Waals surface area contributed by atoms with Crippen LogP contribution in [0.3, 0.4) is 0 Å². The lowest BCUT2D eigenvalue weighted by Crippen LogP contribution is -2.42. The Morgan fingerprint density at radius 2 is 1.65 bits per heavy atom. The number of carbonyl (C=O) groups is 1. The van der Waals surface area contributed by atoms with Crippen LogP contribution >= 0.6 is 0 Å². The largest absolute Gasteiger partial charge is 0.466 e. The Hall–Kier alpha value is -2.13. The summed E-state index contributed by atoms with van der Waals surface area (Å²) in [5.74, 6) is -0.234. The molecule has 0 amide bonds. The van der Waals surface area contributed by atoms with Crippen molar-refractivity contribution in [1.29, 1.82) is 0 Å². The molecule has 23 heavy (non-hydrogen) atoms. The zero-order chi connectivity index (χ0) is 16.9. The molecule has 0 atom stereocenters. The Balaban J connectivity index is 2.32. The van der Waals surface area contributed by atoms with Crippen molar-refractivity contribution in [3.05, 3.63) is 71.3 Å². The summed E-state index contributed by atoms with van der Waals surface area (Å²) in [7, 11) is -0.309. The fourth-order valence-electron chi connectivity index (χ4n) is 2.64. The van der Waals surface area contributed by atoms with Gasteiger partial charge in [0.15, 0.2) is 0 Å². The molecule has 3 heteroatoms. The van der Waals surface area contributed by atoms with Gasteiger partial charge in [-0.05, 0) is 24.6 Å². The third kappa shape index (κ3) is 4.67. The van der Waals surface area contributed by atoms with Gasteiger partial charge in [0, 0.05) is 5.57 Å². The van der Waals surface area contributed by atoms with Gasteiger partial charge in [-0.2, -0.15) is 0 Å². The maximum Gasteiger partial charge on any atom is 0.333 e. The van der Waals surface area contributed by atoms with Gasteiger partial charge in [-0.15, -0.1) is 0 Å². The van der Waals surface area contributed by atoms with Gasteiger partial charge in [0.25, 0.3) is 0 Å². The van der Waals surface area contributed by atoms with Crippen LogP contribution in [0.5, 0.6) is 0 Å². The summed E-state index contributed by atoms with van der Waals surface area (Å²) in [5.41, 5.74) is 2.99. The van der Waals surface area contributed by atoms with Crippen molar-refractivity contribution in [3.63, 3.8) is 0 Å². The van der Waals surface area contributed by atoms with Crippen molar-refractivity contribution >= 4 is 25.3 Å². The first kappa shape index (κ1) is 17.2. The summed E-state index contributed by atoms with van der Waals surface area (Å²) in [6.45, 7) is 6.63. The van der Waals surface area contributed by atoms with E-state index < -0.39 is 8.07 Å². The van der Waals surface area contributed by atoms with E-state index in [1.807, 2.05) is 24.3 Å². The fourth-order valence-corrected chi connectivity index (χ4v) is 5.14. The van der Waals surface area contributed by atoms with Crippen LogP contribution in [-0.4, -0.2) is 21.2 Å². The molecule has 2 aromatic carbocycles. The molecule has 0 heterocycles. The Kier molecular flexibility index (Phi) is 5.56. The number of hydrogen-bond acceptors (Lipinski definition) is 2. The van der Waals surface area contributed by atoms with Gasteiger partial charge in [0.1, 0.15) is 0 Å². The van der Waals surface area contributed by atoms with Crippen LogP contribution in [-0.2, 0) is 9.53 Å². The number of hydrogen-bond donors (Lipinski definition) is 0. The molecule has 0 unspecified atom stereocenters. The summed E-state index contributed by atoms with van der Waals surface area (Å²) in [5, 5.41) is 1.35. The predicted molar refractivity (Wildman–Crippen MR) is 99.5 cm³/mol. The Morgan fingerprint density at radius 1 is 1.04 bits per heavy atom. The van der Waals surface area contributed by atoms with Crippen molar-refractivity contribution in [2.45, 2.75) is 26.1 Å². The third-order valence-corrected chi connectivity index (χ3v) is 7.21. The minimum atomic E-state index is -1.76. The summed E-state index contributed by atoms with van der Waals surface area (Å²) in [6, 6.07) is 19.4. The van der Waals surface area contributed by atoms with Crippen molar-refractivity contribution in [2.75, 3.05) is 7.11 Å². The van der Waals surface area contributed by atoms with E-state index in [-0.39, 0.29) is 5.97 Å². The molecule has 0 aliphatic carbocycles. The molecule has 0 saturated heterocycles. The molecule has 0 fully saturated rings. The normalized spacial score (nSPS) is 12.1. The van der Waals surface area contributed by atoms with Gasteiger partial charge in [-0.25, -0.2) is 4.79 Å². The molecule has 0 radical (unpaired) electrons. The highest BCUT2D eigenvalue weighted by Gasteiger charge is 2.27. The van der Waals surface area contributed by atoms with Crippen LogP contribution in [0.15, 0.2) is 60.2 Å². The quantitative estimate of drug-likeness (QED) is 0.469. The van der Waals surface area contributed by atoms with Crippen LogP contribution in [0.1, 0.15) is 11.1 Å². The second kappa shape index (κ2) is 7.42. The lowest BCUT2D eigenvalue weighted by molar-refractivity contribution is -0.135. The van der Waals surface area contributed by atoms with E-state index in [1.54, 1.807) is 0 Å². The van der Waals surface area contributed by atoms with Gasteiger partial charge >= 0.3 is 5.97 Å². The molecule has 2 rings (SSSR count). The average molecular weight is 324 g/mol. The second-order valence-corrected chi connectivity index (χ2v) is 11.2. The lowest BCUT2D eigenvalue weighted by Gasteiger charge is -2.23. The van der Waals surface area contributed by atoms with Gasteiger partial charge in [0.05, 0.1) is 15.2 Å². The Labute approximate surface area is 139 Å². The molecule has 0 N–H and O–H groups in total. The molecule has 0 bridgehead atoms. The van der Waals surface area contributed by atoms with Crippen molar-refractivity contribution in [1.82, 2.24) is 0 Å². The number of rotatable bonds is 5. The van der Waals surface area contributed by atoms with E-state index in [9.17, 15) is 4.79 Å². The van der Waals surface area contributed by atoms with E-state index in [4.69, 9.17) is 4.74 Å². The molecule has 0 saturated carbocycles. The molecule has 2 nitrogen and oxygen atoms in total. The van der Waals surface area contributed by atoms with Gasteiger partial charge in [0.2, 0.25) is 0 Å². The van der Waals surface area contributed by atoms with Crippen molar-refractivity contribution < 1.29 is 9.53 Å². The number of aryl methyl sites for hydroxylation is 1. The van der Waals surface area contributed by atoms with Crippen LogP contribution in [0.4, 0.5) is 0 Å². The Bertz CT molecular complexity index is 685. The zero-order valence-corrected chi connectivity index (χ0v) is 15.3. The van der Waals surface area contributed by atoms with E-state index in [1.165, 1.54) is 17.9 Å². The van der Waals surface area contributed by atoms with Crippen LogP contribution < -0.4 is 5.19 Å². The average Bonchev–Trinajstić information content (AvgIpc) is 2.56. The molecular weight excluding hydrogens is 300 g/mol. The molecule has 2 aromatic rings.